The lowest BCUT2D eigenvalue weighted by molar-refractivity contribution is -0.149. The van der Waals surface area contributed by atoms with Gasteiger partial charge in [-0.25, -0.2) is 9.97 Å². The number of carbonyl (C=O) groups excluding carboxylic acids is 1. The lowest BCUT2D eigenvalue weighted by atomic mass is 9.97. The van der Waals surface area contributed by atoms with Crippen molar-refractivity contribution in [2.75, 3.05) is 19.7 Å². The van der Waals surface area contributed by atoms with Crippen LogP contribution < -0.4 is 0 Å². The van der Waals surface area contributed by atoms with Crippen molar-refractivity contribution < 1.29 is 9.53 Å². The Labute approximate surface area is 117 Å². The molecule has 0 radical (unpaired) electrons. The van der Waals surface area contributed by atoms with Crippen LogP contribution >= 0.6 is 11.6 Å². The van der Waals surface area contributed by atoms with Crippen molar-refractivity contribution in [3.63, 3.8) is 0 Å². The van der Waals surface area contributed by atoms with Crippen molar-refractivity contribution in [2.45, 2.75) is 26.3 Å². The van der Waals surface area contributed by atoms with Gasteiger partial charge in [-0.15, -0.1) is 0 Å². The monoisotopic (exact) mass is 283 g/mol. The average Bonchev–Trinajstić information content (AvgIpc) is 2.40. The number of likely N-dealkylation sites (tertiary alicyclic amines) is 1. The van der Waals surface area contributed by atoms with Crippen LogP contribution in [0.4, 0.5) is 0 Å². The van der Waals surface area contributed by atoms with Gasteiger partial charge in [0.25, 0.3) is 0 Å². The highest BCUT2D eigenvalue weighted by molar-refractivity contribution is 6.28. The highest BCUT2D eigenvalue weighted by atomic mass is 35.5. The van der Waals surface area contributed by atoms with Gasteiger partial charge in [-0.2, -0.15) is 0 Å². The number of ether oxygens (including phenoxy) is 1. The normalized spacial score (nSPS) is 17.4. The zero-order valence-electron chi connectivity index (χ0n) is 11.0. The number of halogens is 1. The minimum atomic E-state index is -0.0627. The summed E-state index contributed by atoms with van der Waals surface area (Å²) in [6, 6.07) is 1.86. The molecule has 19 heavy (non-hydrogen) atoms. The fourth-order valence-corrected chi connectivity index (χ4v) is 2.44. The number of nitrogens with zero attached hydrogens (tertiary/aromatic N) is 3. The van der Waals surface area contributed by atoms with E-state index in [0.717, 1.165) is 38.2 Å². The Morgan fingerprint density at radius 1 is 1.53 bits per heavy atom. The van der Waals surface area contributed by atoms with E-state index in [1.807, 2.05) is 13.0 Å². The molecular formula is C13H18ClN3O2. The number of piperidine rings is 1. The first kappa shape index (κ1) is 14.2. The molecule has 0 unspecified atom stereocenters. The topological polar surface area (TPSA) is 55.3 Å². The molecule has 1 aromatic heterocycles. The van der Waals surface area contributed by atoms with E-state index in [1.165, 1.54) is 0 Å². The van der Waals surface area contributed by atoms with E-state index < -0.39 is 0 Å². The SMILES string of the molecule is CCOC(=O)C1CCN(Cc2ccnc(Cl)n2)CC1. The van der Waals surface area contributed by atoms with Gasteiger partial charge in [0.05, 0.1) is 18.2 Å². The first-order chi connectivity index (χ1) is 9.19. The molecule has 0 bridgehead atoms. The molecule has 0 spiro atoms. The minimum Gasteiger partial charge on any atom is -0.466 e. The third-order valence-electron chi connectivity index (χ3n) is 3.28. The molecule has 6 heteroatoms. The number of hydrogen-bond acceptors (Lipinski definition) is 5. The standard InChI is InChI=1S/C13H18ClN3O2/c1-2-19-12(18)10-4-7-17(8-5-10)9-11-3-6-15-13(14)16-11/h3,6,10H,2,4-5,7-9H2,1H3. The van der Waals surface area contributed by atoms with Crippen molar-refractivity contribution in [3.05, 3.63) is 23.2 Å². The second-order valence-corrected chi connectivity index (χ2v) is 4.96. The van der Waals surface area contributed by atoms with Crippen LogP contribution in [0, 0.1) is 5.92 Å². The molecule has 1 aromatic rings. The van der Waals surface area contributed by atoms with Crippen LogP contribution in [0.2, 0.25) is 5.28 Å². The highest BCUT2D eigenvalue weighted by Crippen LogP contribution is 2.20. The molecule has 0 atom stereocenters. The molecule has 0 N–H and O–H groups in total. The molecule has 0 saturated carbocycles. The van der Waals surface area contributed by atoms with Gasteiger partial charge >= 0.3 is 5.97 Å². The summed E-state index contributed by atoms with van der Waals surface area (Å²) in [5, 5.41) is 0.277. The zero-order valence-corrected chi connectivity index (χ0v) is 11.8. The van der Waals surface area contributed by atoms with Crippen molar-refractivity contribution in [3.8, 4) is 0 Å². The second kappa shape index (κ2) is 6.82. The summed E-state index contributed by atoms with van der Waals surface area (Å²) < 4.78 is 5.06. The summed E-state index contributed by atoms with van der Waals surface area (Å²) in [7, 11) is 0. The van der Waals surface area contributed by atoms with Crippen LogP contribution in [0.3, 0.4) is 0 Å². The van der Waals surface area contributed by atoms with E-state index in [4.69, 9.17) is 16.3 Å². The fraction of sp³-hybridized carbons (Fsp3) is 0.615. The van der Waals surface area contributed by atoms with E-state index in [0.29, 0.717) is 6.61 Å². The smallest absolute Gasteiger partial charge is 0.309 e. The molecule has 0 aromatic carbocycles. The summed E-state index contributed by atoms with van der Waals surface area (Å²) in [6.07, 6.45) is 3.35. The van der Waals surface area contributed by atoms with Gasteiger partial charge in [-0.1, -0.05) is 0 Å². The predicted molar refractivity (Wildman–Crippen MR) is 71.7 cm³/mol. The third kappa shape index (κ3) is 4.14. The van der Waals surface area contributed by atoms with Crippen LogP contribution in [-0.2, 0) is 16.1 Å². The van der Waals surface area contributed by atoms with Gasteiger partial charge in [-0.3, -0.25) is 9.69 Å². The number of esters is 1. The maximum atomic E-state index is 11.6. The third-order valence-corrected chi connectivity index (χ3v) is 3.46. The Morgan fingerprint density at radius 3 is 2.89 bits per heavy atom. The maximum Gasteiger partial charge on any atom is 0.309 e. The van der Waals surface area contributed by atoms with Crippen LogP contribution in [0.15, 0.2) is 12.3 Å². The Balaban J connectivity index is 1.82. The predicted octanol–water partition coefficient (Wildman–Crippen LogP) is 1.91. The largest absolute Gasteiger partial charge is 0.466 e. The Bertz CT molecular complexity index is 434. The van der Waals surface area contributed by atoms with Crippen molar-refractivity contribution in [2.24, 2.45) is 5.92 Å². The van der Waals surface area contributed by atoms with Gasteiger partial charge in [-0.05, 0) is 50.5 Å². The number of rotatable bonds is 4. The van der Waals surface area contributed by atoms with E-state index >= 15 is 0 Å². The zero-order chi connectivity index (χ0) is 13.7. The van der Waals surface area contributed by atoms with Gasteiger partial charge in [0, 0.05) is 12.7 Å². The first-order valence-electron chi connectivity index (χ1n) is 6.55. The first-order valence-corrected chi connectivity index (χ1v) is 6.93. The molecule has 104 valence electrons. The number of aromatic nitrogens is 2. The maximum absolute atomic E-state index is 11.6. The van der Waals surface area contributed by atoms with Crippen molar-refractivity contribution in [1.29, 1.82) is 0 Å². The van der Waals surface area contributed by atoms with Crippen molar-refractivity contribution >= 4 is 17.6 Å². The minimum absolute atomic E-state index is 0.0465. The van der Waals surface area contributed by atoms with E-state index in [2.05, 4.69) is 14.9 Å². The fourth-order valence-electron chi connectivity index (χ4n) is 2.27. The summed E-state index contributed by atoms with van der Waals surface area (Å²) in [6.45, 7) is 4.80. The second-order valence-electron chi connectivity index (χ2n) is 4.62. The Morgan fingerprint density at radius 2 is 2.26 bits per heavy atom. The van der Waals surface area contributed by atoms with E-state index in [1.54, 1.807) is 6.20 Å². The van der Waals surface area contributed by atoms with E-state index in [-0.39, 0.29) is 17.2 Å². The van der Waals surface area contributed by atoms with Gasteiger partial charge in [0.2, 0.25) is 5.28 Å². The van der Waals surface area contributed by atoms with Crippen LogP contribution in [-0.4, -0.2) is 40.5 Å². The molecule has 1 fully saturated rings. The molecule has 0 aliphatic carbocycles. The molecule has 2 rings (SSSR count). The van der Waals surface area contributed by atoms with Gasteiger partial charge < -0.3 is 4.74 Å². The summed E-state index contributed by atoms with van der Waals surface area (Å²) >= 11 is 5.76. The number of hydrogen-bond donors (Lipinski definition) is 0. The van der Waals surface area contributed by atoms with Crippen molar-refractivity contribution in [1.82, 2.24) is 14.9 Å². The van der Waals surface area contributed by atoms with Gasteiger partial charge in [0.15, 0.2) is 0 Å². The Kier molecular flexibility index (Phi) is 5.10. The van der Waals surface area contributed by atoms with E-state index in [9.17, 15) is 4.79 Å². The quantitative estimate of drug-likeness (QED) is 0.624. The molecule has 1 saturated heterocycles. The summed E-state index contributed by atoms with van der Waals surface area (Å²) in [4.78, 5) is 21.9. The molecular weight excluding hydrogens is 266 g/mol. The highest BCUT2D eigenvalue weighted by Gasteiger charge is 2.25. The summed E-state index contributed by atoms with van der Waals surface area (Å²) in [5.74, 6) is -0.0163. The lowest BCUT2D eigenvalue weighted by Gasteiger charge is -2.30. The van der Waals surface area contributed by atoms with Gasteiger partial charge in [0.1, 0.15) is 0 Å². The average molecular weight is 284 g/mol. The van der Waals surface area contributed by atoms with Crippen LogP contribution in [0.25, 0.3) is 0 Å². The van der Waals surface area contributed by atoms with Crippen LogP contribution in [0.1, 0.15) is 25.5 Å². The molecule has 1 aliphatic rings. The molecule has 5 nitrogen and oxygen atoms in total. The molecule has 2 heterocycles. The molecule has 0 amide bonds. The Hall–Kier alpha value is -1.20. The summed E-state index contributed by atoms with van der Waals surface area (Å²) in [5.41, 5.74) is 0.912. The van der Waals surface area contributed by atoms with Crippen LogP contribution in [0.5, 0.6) is 0 Å². The molecule has 1 aliphatic heterocycles. The lowest BCUT2D eigenvalue weighted by Crippen LogP contribution is -2.36. The number of carbonyl (C=O) groups is 1.